The van der Waals surface area contributed by atoms with Gasteiger partial charge >= 0.3 is 11.9 Å². The molecule has 0 bridgehead atoms. The number of anilines is 1. The van der Waals surface area contributed by atoms with Crippen molar-refractivity contribution in [2.75, 3.05) is 44.8 Å². The molecule has 2 saturated heterocycles. The molecule has 3 fully saturated rings. The fraction of sp³-hybridized carbons (Fsp3) is 0.605. The third kappa shape index (κ3) is 6.46. The van der Waals surface area contributed by atoms with Crippen molar-refractivity contribution in [1.82, 2.24) is 15.1 Å². The van der Waals surface area contributed by atoms with E-state index in [1.807, 2.05) is 42.3 Å². The van der Waals surface area contributed by atoms with Crippen molar-refractivity contribution in [3.05, 3.63) is 62.8 Å². The Labute approximate surface area is 313 Å². The van der Waals surface area contributed by atoms with E-state index in [0.29, 0.717) is 35.8 Å². The van der Waals surface area contributed by atoms with E-state index in [1.165, 1.54) is 23.3 Å². The Balaban J connectivity index is 1.09. The van der Waals surface area contributed by atoms with E-state index in [9.17, 15) is 24.6 Å². The van der Waals surface area contributed by atoms with E-state index in [-0.39, 0.29) is 36.0 Å². The van der Waals surface area contributed by atoms with Crippen LogP contribution in [-0.4, -0.2) is 108 Å². The van der Waals surface area contributed by atoms with Crippen LogP contribution in [0.1, 0.15) is 62.2 Å². The molecule has 7 rings (SSSR count). The number of halogens is 1. The number of nitrogens with zero attached hydrogens (tertiary/aromatic N) is 3. The van der Waals surface area contributed by atoms with Crippen LogP contribution in [0.3, 0.4) is 0 Å². The average molecular weight is 757 g/mol. The maximum absolute atomic E-state index is 14.2. The Morgan fingerprint density at radius 1 is 1.12 bits per heavy atom. The number of hydrogen-bond acceptors (Lipinski definition) is 12. The molecule has 12 nitrogen and oxygen atoms in total. The van der Waals surface area contributed by atoms with Crippen LogP contribution < -0.4 is 10.4 Å². The highest BCUT2D eigenvalue weighted by Crippen LogP contribution is 2.53. The normalized spacial score (nSPS) is 35.2. The number of rotatable bonds is 7. The van der Waals surface area contributed by atoms with Gasteiger partial charge in [-0.2, -0.15) is 0 Å². The number of thiophene rings is 1. The minimum Gasteiger partial charge on any atom is -0.454 e. The van der Waals surface area contributed by atoms with Gasteiger partial charge in [0.05, 0.1) is 15.6 Å². The molecule has 4 heterocycles. The number of amides is 1. The zero-order valence-corrected chi connectivity index (χ0v) is 31.9. The summed E-state index contributed by atoms with van der Waals surface area (Å²) < 4.78 is 12.1. The van der Waals surface area contributed by atoms with Crippen LogP contribution in [0.25, 0.3) is 0 Å². The van der Waals surface area contributed by atoms with Crippen molar-refractivity contribution in [3.63, 3.8) is 0 Å². The lowest BCUT2D eigenvalue weighted by Gasteiger charge is -2.56. The highest BCUT2D eigenvalue weighted by Gasteiger charge is 2.62. The zero-order valence-electron chi connectivity index (χ0n) is 30.3. The van der Waals surface area contributed by atoms with E-state index in [2.05, 4.69) is 17.1 Å². The van der Waals surface area contributed by atoms with Crippen LogP contribution in [0.4, 0.5) is 5.69 Å². The molecule has 52 heavy (non-hydrogen) atoms. The van der Waals surface area contributed by atoms with Crippen LogP contribution >= 0.6 is 22.9 Å². The molecule has 5 aliphatic rings. The van der Waals surface area contributed by atoms with Crippen LogP contribution in [0.2, 0.25) is 5.02 Å². The average Bonchev–Trinajstić information content (AvgIpc) is 3.77. The smallest absolute Gasteiger partial charge is 0.323 e. The molecular formula is C38H49ClN4O8S. The van der Waals surface area contributed by atoms with Crippen LogP contribution in [0.5, 0.6) is 0 Å². The highest BCUT2D eigenvalue weighted by atomic mass is 35.5. The molecule has 1 saturated carbocycles. The second kappa shape index (κ2) is 14.3. The Hall–Kier alpha value is -3.04. The maximum atomic E-state index is 14.2. The summed E-state index contributed by atoms with van der Waals surface area (Å²) in [4.78, 5) is 50.5. The molecule has 1 unspecified atom stereocenters. The van der Waals surface area contributed by atoms with Crippen LogP contribution in [-0.2, 0) is 29.5 Å². The third-order valence-corrected chi connectivity index (χ3v) is 13.3. The number of carbonyl (C=O) groups excluding carboxylic acids is 3. The summed E-state index contributed by atoms with van der Waals surface area (Å²) in [5, 5.41) is 31.7. The number of nitrogens with one attached hydrogen (secondary N) is 1. The van der Waals surface area contributed by atoms with Gasteiger partial charge in [0.2, 0.25) is 0 Å². The predicted octanol–water partition coefficient (Wildman–Crippen LogP) is 3.95. The summed E-state index contributed by atoms with van der Waals surface area (Å²) in [5.41, 5.74) is -1.34. The highest BCUT2D eigenvalue weighted by molar-refractivity contribution is 7.12. The van der Waals surface area contributed by atoms with Gasteiger partial charge in [0.15, 0.2) is 18.4 Å². The molecule has 1 amide bonds. The van der Waals surface area contributed by atoms with Gasteiger partial charge in [-0.15, -0.1) is 11.3 Å². The van der Waals surface area contributed by atoms with Crippen molar-refractivity contribution in [2.24, 2.45) is 23.7 Å². The number of para-hydroxylation sites is 1. The minimum atomic E-state index is -1.57. The van der Waals surface area contributed by atoms with E-state index in [4.69, 9.17) is 25.9 Å². The Kier molecular flexibility index (Phi) is 10.3. The number of fused-ring (bicyclic) bond motifs is 4. The SMILES string of the molecule is CC(=O)O[C@@H]1C(C)=C[C@@H]2[C@H](C(C)CN3CCN(C(=O)c4cccs4)CC3)CC[C@@H](C)[C@]2(O)[C@H]1OC(=O)[C@@H]1C[C@@]2(O)c3cccc(Cl)c3N(C)O[C@H]2N1. The zero-order chi connectivity index (χ0) is 37.1. The van der Waals surface area contributed by atoms with Crippen LogP contribution in [0, 0.1) is 23.7 Å². The fourth-order valence-corrected chi connectivity index (χ4v) is 10.4. The van der Waals surface area contributed by atoms with E-state index in [0.717, 1.165) is 36.5 Å². The predicted molar refractivity (Wildman–Crippen MR) is 196 cm³/mol. The Morgan fingerprint density at radius 3 is 2.56 bits per heavy atom. The first kappa shape index (κ1) is 37.3. The molecule has 2 aliphatic carbocycles. The van der Waals surface area contributed by atoms with Gasteiger partial charge in [-0.3, -0.25) is 34.5 Å². The fourth-order valence-electron chi connectivity index (χ4n) is 9.39. The van der Waals surface area contributed by atoms with Crippen molar-refractivity contribution in [2.45, 2.75) is 82.6 Å². The molecule has 14 heteroatoms. The van der Waals surface area contributed by atoms with Crippen molar-refractivity contribution in [3.8, 4) is 0 Å². The van der Waals surface area contributed by atoms with Crippen LogP contribution in [0.15, 0.2) is 47.4 Å². The number of aliphatic hydroxyl groups is 2. The summed E-state index contributed by atoms with van der Waals surface area (Å²) >= 11 is 7.93. The number of ether oxygens (including phenoxy) is 2. The van der Waals surface area contributed by atoms with E-state index in [1.54, 1.807) is 25.2 Å². The lowest BCUT2D eigenvalue weighted by molar-refractivity contribution is -0.225. The van der Waals surface area contributed by atoms with Gasteiger partial charge in [0.25, 0.3) is 5.91 Å². The summed E-state index contributed by atoms with van der Waals surface area (Å²) in [7, 11) is 1.68. The third-order valence-electron chi connectivity index (χ3n) is 12.2. The molecule has 282 valence electrons. The van der Waals surface area contributed by atoms with E-state index < -0.39 is 47.6 Å². The molecule has 2 aromatic rings. The molecule has 0 spiro atoms. The number of esters is 2. The van der Waals surface area contributed by atoms with Gasteiger partial charge in [-0.25, -0.2) is 0 Å². The number of benzene rings is 1. The Bertz CT molecular complexity index is 1720. The van der Waals surface area contributed by atoms with Crippen molar-refractivity contribution >= 4 is 46.5 Å². The first-order valence-corrected chi connectivity index (χ1v) is 19.5. The molecule has 3 N–H and O–H groups in total. The molecule has 10 atom stereocenters. The monoisotopic (exact) mass is 756 g/mol. The lowest BCUT2D eigenvalue weighted by Crippen LogP contribution is -2.66. The summed E-state index contributed by atoms with van der Waals surface area (Å²) in [6, 6.07) is 7.99. The molecule has 0 radical (unpaired) electrons. The summed E-state index contributed by atoms with van der Waals surface area (Å²) in [5.74, 6) is -1.57. The van der Waals surface area contributed by atoms with Crippen molar-refractivity contribution in [1.29, 1.82) is 0 Å². The van der Waals surface area contributed by atoms with Crippen molar-refractivity contribution < 1.29 is 38.9 Å². The van der Waals surface area contributed by atoms with Gasteiger partial charge in [-0.1, -0.05) is 49.7 Å². The number of hydrogen-bond donors (Lipinski definition) is 3. The summed E-state index contributed by atoms with van der Waals surface area (Å²) in [6.45, 7) is 11.0. The van der Waals surface area contributed by atoms with Gasteiger partial charge in [0, 0.05) is 64.6 Å². The number of hydroxylamine groups is 1. The van der Waals surface area contributed by atoms with Gasteiger partial charge < -0.3 is 24.6 Å². The quantitative estimate of drug-likeness (QED) is 0.280. The topological polar surface area (TPSA) is 141 Å². The second-order valence-electron chi connectivity index (χ2n) is 15.4. The lowest BCUT2D eigenvalue weighted by atomic mass is 9.55. The first-order valence-electron chi connectivity index (χ1n) is 18.2. The number of carbonyl (C=O) groups is 3. The van der Waals surface area contributed by atoms with Gasteiger partial charge in [-0.05, 0) is 60.6 Å². The minimum absolute atomic E-state index is 0.0548. The molecule has 1 aromatic carbocycles. The number of piperazine rings is 1. The first-order chi connectivity index (χ1) is 24.7. The van der Waals surface area contributed by atoms with Gasteiger partial charge in [0.1, 0.15) is 17.2 Å². The standard InChI is InChI=1S/C38H49ClN4O8S/c1-21-18-27-25(22(2)20-42-13-15-43(16-14-42)34(45)30-10-7-17-52-30)12-11-23(3)38(27,48)33(32(21)49-24(4)44)50-35(46)29-19-37(47)26-8-6-9-28(39)31(26)41(5)51-36(37)40-29/h6-10,17-18,22-23,25,27,29,32-33,36,40,47-48H,11-16,19-20H2,1-5H3/t22?,23-,25+,27-,29+,32-,33+,36-,37-,38-/m1/s1. The maximum Gasteiger partial charge on any atom is 0.323 e. The molecule has 3 aliphatic heterocycles. The second-order valence-corrected chi connectivity index (χ2v) is 16.7. The largest absolute Gasteiger partial charge is 0.454 e. The van der Waals surface area contributed by atoms with E-state index >= 15 is 0 Å². The molecular weight excluding hydrogens is 708 g/mol. The Morgan fingerprint density at radius 2 is 1.87 bits per heavy atom. The summed E-state index contributed by atoms with van der Waals surface area (Å²) in [6.07, 6.45) is 0.425. The molecule has 1 aromatic heterocycles.